The molecule has 1 saturated heterocycles. The molecule has 6 heteroatoms. The molecule has 3 aliphatic rings. The van der Waals surface area contributed by atoms with Gasteiger partial charge in [0, 0.05) is 28.1 Å². The van der Waals surface area contributed by atoms with Crippen LogP contribution in [0.1, 0.15) is 76.4 Å². The average Bonchev–Trinajstić information content (AvgIpc) is 3.24. The van der Waals surface area contributed by atoms with Gasteiger partial charge in [-0.15, -0.1) is 0 Å². The van der Waals surface area contributed by atoms with Crippen molar-refractivity contribution in [1.29, 1.82) is 0 Å². The smallest absolute Gasteiger partial charge is 0.378 e. The average molecular weight is 463 g/mol. The fourth-order valence-corrected chi connectivity index (χ4v) is 6.19. The van der Waals surface area contributed by atoms with Crippen LogP contribution < -0.4 is 0 Å². The third-order valence-electron chi connectivity index (χ3n) is 8.83. The van der Waals surface area contributed by atoms with E-state index < -0.39 is 22.4 Å². The molecule has 0 N–H and O–H groups in total. The Hall–Kier alpha value is -2.89. The molecule has 2 bridgehead atoms. The van der Waals surface area contributed by atoms with Crippen molar-refractivity contribution < 1.29 is 19.2 Å². The number of benzene rings is 1. The lowest BCUT2D eigenvalue weighted by Gasteiger charge is -2.34. The Morgan fingerprint density at radius 3 is 2.29 bits per heavy atom. The number of carbonyl (C=O) groups is 2. The van der Waals surface area contributed by atoms with Crippen molar-refractivity contribution in [1.82, 2.24) is 4.57 Å². The number of aryl methyl sites for hydroxylation is 2. The summed E-state index contributed by atoms with van der Waals surface area (Å²) < 4.78 is 7.96. The zero-order valence-corrected chi connectivity index (χ0v) is 21.2. The van der Waals surface area contributed by atoms with Crippen molar-refractivity contribution >= 4 is 17.7 Å². The summed E-state index contributed by atoms with van der Waals surface area (Å²) in [5, 5.41) is 4.41. The molecular formula is C28H34N2O4. The van der Waals surface area contributed by atoms with E-state index in [9.17, 15) is 9.59 Å². The van der Waals surface area contributed by atoms with E-state index in [1.165, 1.54) is 11.3 Å². The van der Waals surface area contributed by atoms with Crippen molar-refractivity contribution in [2.75, 3.05) is 0 Å². The predicted molar refractivity (Wildman–Crippen MR) is 130 cm³/mol. The highest BCUT2D eigenvalue weighted by Gasteiger charge is 2.76. The van der Waals surface area contributed by atoms with Crippen LogP contribution in [-0.4, -0.2) is 27.8 Å². The molecule has 1 aromatic heterocycles. The Morgan fingerprint density at radius 2 is 1.71 bits per heavy atom. The maximum Gasteiger partial charge on any atom is 0.378 e. The molecule has 2 unspecified atom stereocenters. The lowest BCUT2D eigenvalue weighted by atomic mass is 9.66. The van der Waals surface area contributed by atoms with Gasteiger partial charge in [-0.3, -0.25) is 4.79 Å². The van der Waals surface area contributed by atoms with Crippen molar-refractivity contribution in [3.05, 3.63) is 52.8 Å². The van der Waals surface area contributed by atoms with E-state index in [4.69, 9.17) is 9.57 Å². The summed E-state index contributed by atoms with van der Waals surface area (Å²) in [6.07, 6.45) is 2.66. The zero-order valence-electron chi connectivity index (χ0n) is 21.2. The number of nitrogens with zero attached hydrogens (tertiary/aromatic N) is 2. The minimum atomic E-state index is -1.28. The van der Waals surface area contributed by atoms with E-state index in [2.05, 4.69) is 67.7 Å². The third kappa shape index (κ3) is 2.96. The van der Waals surface area contributed by atoms with Crippen molar-refractivity contribution in [2.45, 2.75) is 79.8 Å². The summed E-state index contributed by atoms with van der Waals surface area (Å²) >= 11 is 0. The van der Waals surface area contributed by atoms with Crippen LogP contribution >= 0.6 is 0 Å². The molecule has 0 amide bonds. The SMILES string of the molecule is Cc1ccc(-n2c(C)cc3c2CC(C)(C)C/C3=N\OC(=O)C23CCC(C)(C(=O)O2)C3(C)C)cc1. The molecule has 0 radical (unpaired) electrons. The number of esters is 1. The molecule has 2 fully saturated rings. The van der Waals surface area contributed by atoms with Gasteiger partial charge in [0.15, 0.2) is 0 Å². The first-order valence-corrected chi connectivity index (χ1v) is 12.1. The fourth-order valence-electron chi connectivity index (χ4n) is 6.19. The highest BCUT2D eigenvalue weighted by molar-refractivity contribution is 6.03. The summed E-state index contributed by atoms with van der Waals surface area (Å²) in [7, 11) is 0. The summed E-state index contributed by atoms with van der Waals surface area (Å²) in [5.41, 5.74) is 3.73. The molecule has 2 aliphatic carbocycles. The predicted octanol–water partition coefficient (Wildman–Crippen LogP) is 5.44. The molecule has 1 aliphatic heterocycles. The molecule has 2 heterocycles. The Bertz CT molecular complexity index is 1230. The van der Waals surface area contributed by atoms with Crippen molar-refractivity contribution in [3.63, 3.8) is 0 Å². The van der Waals surface area contributed by atoms with E-state index >= 15 is 0 Å². The molecule has 5 rings (SSSR count). The number of oxime groups is 1. The maximum absolute atomic E-state index is 13.4. The molecule has 0 spiro atoms. The quantitative estimate of drug-likeness (QED) is 0.346. The lowest BCUT2D eigenvalue weighted by molar-refractivity contribution is -0.183. The van der Waals surface area contributed by atoms with Gasteiger partial charge in [0.1, 0.15) is 0 Å². The molecule has 34 heavy (non-hydrogen) atoms. The molecule has 2 atom stereocenters. The van der Waals surface area contributed by atoms with Crippen molar-refractivity contribution in [2.24, 2.45) is 21.4 Å². The normalized spacial score (nSPS) is 29.7. The number of rotatable bonds is 3. The Balaban J connectivity index is 1.51. The molecule has 1 aromatic carbocycles. The highest BCUT2D eigenvalue weighted by Crippen LogP contribution is 2.65. The minimum absolute atomic E-state index is 0.0468. The number of ether oxygens (including phenoxy) is 1. The van der Waals surface area contributed by atoms with Crippen LogP contribution in [0.4, 0.5) is 0 Å². The Kier molecular flexibility index (Phi) is 4.75. The summed E-state index contributed by atoms with van der Waals surface area (Å²) in [6.45, 7) is 14.3. The number of hydrogen-bond donors (Lipinski definition) is 0. The second-order valence-electron chi connectivity index (χ2n) is 11.9. The number of aromatic nitrogens is 1. The van der Waals surface area contributed by atoms with Gasteiger partial charge in [0.2, 0.25) is 5.60 Å². The van der Waals surface area contributed by atoms with Crippen LogP contribution in [0.3, 0.4) is 0 Å². The minimum Gasteiger partial charge on any atom is -0.446 e. The van der Waals surface area contributed by atoms with Gasteiger partial charge in [-0.2, -0.15) is 0 Å². The van der Waals surface area contributed by atoms with Gasteiger partial charge in [-0.05, 0) is 70.1 Å². The first kappa shape index (κ1) is 22.9. The van der Waals surface area contributed by atoms with Crippen LogP contribution in [0.25, 0.3) is 5.69 Å². The van der Waals surface area contributed by atoms with Crippen LogP contribution in [0.2, 0.25) is 0 Å². The molecule has 180 valence electrons. The van der Waals surface area contributed by atoms with Crippen LogP contribution in [0, 0.1) is 30.1 Å². The molecule has 1 saturated carbocycles. The Labute approximate surface area is 201 Å². The summed E-state index contributed by atoms with van der Waals surface area (Å²) in [6, 6.07) is 10.6. The van der Waals surface area contributed by atoms with E-state index in [1.807, 2.05) is 20.8 Å². The first-order chi connectivity index (χ1) is 15.8. The van der Waals surface area contributed by atoms with Gasteiger partial charge >= 0.3 is 11.9 Å². The molecular weight excluding hydrogens is 428 g/mol. The van der Waals surface area contributed by atoms with Gasteiger partial charge in [0.05, 0.1) is 11.1 Å². The fraction of sp³-hybridized carbons (Fsp3) is 0.536. The first-order valence-electron chi connectivity index (χ1n) is 12.1. The van der Waals surface area contributed by atoms with Crippen molar-refractivity contribution in [3.8, 4) is 5.69 Å². The van der Waals surface area contributed by atoms with E-state index in [0.29, 0.717) is 19.3 Å². The molecule has 2 aromatic rings. The monoisotopic (exact) mass is 462 g/mol. The second-order valence-corrected chi connectivity index (χ2v) is 11.9. The largest absolute Gasteiger partial charge is 0.446 e. The van der Waals surface area contributed by atoms with Crippen LogP contribution in [-0.2, 0) is 25.6 Å². The van der Waals surface area contributed by atoms with E-state index in [-0.39, 0.29) is 11.4 Å². The summed E-state index contributed by atoms with van der Waals surface area (Å²) in [4.78, 5) is 31.5. The van der Waals surface area contributed by atoms with Gasteiger partial charge in [-0.1, -0.05) is 50.5 Å². The van der Waals surface area contributed by atoms with Gasteiger partial charge in [-0.25, -0.2) is 4.79 Å². The summed E-state index contributed by atoms with van der Waals surface area (Å²) in [5.74, 6) is -0.889. The lowest BCUT2D eigenvalue weighted by Crippen LogP contribution is -2.48. The van der Waals surface area contributed by atoms with E-state index in [1.54, 1.807) is 0 Å². The zero-order chi connectivity index (χ0) is 24.7. The number of carbonyl (C=O) groups excluding carboxylic acids is 2. The third-order valence-corrected chi connectivity index (χ3v) is 8.83. The molecule has 6 nitrogen and oxygen atoms in total. The van der Waals surface area contributed by atoms with Crippen LogP contribution in [0.15, 0.2) is 35.5 Å². The second kappa shape index (κ2) is 7.06. The standard InChI is InChI=1S/C28H34N2O4/c1-17-8-10-19(11-9-17)30-18(2)14-20-21(15-25(3,4)16-22(20)30)29-34-24(32)28-13-12-27(7,23(31)33-28)26(28,5)6/h8-11,14H,12-13,15-16H2,1-7H3/b29-21+. The van der Waals surface area contributed by atoms with Gasteiger partial charge < -0.3 is 14.1 Å². The van der Waals surface area contributed by atoms with E-state index in [0.717, 1.165) is 29.1 Å². The number of fused-ring (bicyclic) bond motifs is 3. The van der Waals surface area contributed by atoms with Crippen LogP contribution in [0.5, 0.6) is 0 Å². The maximum atomic E-state index is 13.4. The topological polar surface area (TPSA) is 69.9 Å². The highest BCUT2D eigenvalue weighted by atomic mass is 16.7. The number of hydrogen-bond acceptors (Lipinski definition) is 5. The Morgan fingerprint density at radius 1 is 1.03 bits per heavy atom. The van der Waals surface area contributed by atoms with Gasteiger partial charge in [0.25, 0.3) is 0 Å².